The van der Waals surface area contributed by atoms with Gasteiger partial charge in [0.15, 0.2) is 0 Å². The molecular formula is C20H17ClF4N4O2S. The van der Waals surface area contributed by atoms with Crippen LogP contribution in [0.2, 0.25) is 5.02 Å². The monoisotopic (exact) mass is 488 g/mol. The first-order valence-electron chi connectivity index (χ1n) is 9.33. The molecule has 1 saturated heterocycles. The molecule has 0 aliphatic carbocycles. The summed E-state index contributed by atoms with van der Waals surface area (Å²) in [7, 11) is -3.95. The van der Waals surface area contributed by atoms with Crippen molar-refractivity contribution in [3.63, 3.8) is 0 Å². The molecule has 1 aliphatic heterocycles. The number of pyridine rings is 1. The molecule has 0 radical (unpaired) electrons. The summed E-state index contributed by atoms with van der Waals surface area (Å²) in [5.74, 6) is -0.468. The van der Waals surface area contributed by atoms with Gasteiger partial charge in [-0.2, -0.15) is 25.9 Å². The van der Waals surface area contributed by atoms with Crippen molar-refractivity contribution in [2.75, 3.05) is 25.0 Å². The molecule has 2 aromatic carbocycles. The van der Waals surface area contributed by atoms with E-state index < -0.39 is 33.3 Å². The van der Waals surface area contributed by atoms with E-state index in [1.54, 1.807) is 0 Å². The van der Waals surface area contributed by atoms with E-state index >= 15 is 0 Å². The average Bonchev–Trinajstić information content (AvgIpc) is 2.66. The van der Waals surface area contributed by atoms with Crippen LogP contribution in [0, 0.1) is 5.82 Å². The number of hydrogen-bond donors (Lipinski definition) is 2. The SMILES string of the molecule is NS(=O)(=O)N1CC(CNc2cc(C(F)(F)F)nc3ccc(Cl)cc23)(c2ccc(F)cc2)C1. The van der Waals surface area contributed by atoms with E-state index in [1.807, 2.05) is 0 Å². The molecule has 1 fully saturated rings. The maximum Gasteiger partial charge on any atom is 0.433 e. The summed E-state index contributed by atoms with van der Waals surface area (Å²) in [5.41, 5.74) is -1.04. The number of rotatable bonds is 5. The van der Waals surface area contributed by atoms with Crippen molar-refractivity contribution < 1.29 is 26.0 Å². The number of nitrogens with zero attached hydrogens (tertiary/aromatic N) is 2. The van der Waals surface area contributed by atoms with E-state index in [9.17, 15) is 26.0 Å². The second-order valence-corrected chi connectivity index (χ2v) is 9.65. The summed E-state index contributed by atoms with van der Waals surface area (Å²) in [6.45, 7) is 0.0360. The summed E-state index contributed by atoms with van der Waals surface area (Å²) in [5, 5.41) is 8.90. The van der Waals surface area contributed by atoms with E-state index in [1.165, 1.54) is 42.5 Å². The Labute approximate surface area is 186 Å². The minimum absolute atomic E-state index is 0.0135. The Kier molecular flexibility index (Phi) is 5.56. The molecule has 12 heteroatoms. The Balaban J connectivity index is 1.72. The van der Waals surface area contributed by atoms with E-state index in [0.717, 1.165) is 10.4 Å². The summed E-state index contributed by atoms with van der Waals surface area (Å²) in [6.07, 6.45) is -4.67. The third-order valence-corrected chi connectivity index (χ3v) is 6.67. The van der Waals surface area contributed by atoms with Gasteiger partial charge in [0, 0.05) is 41.1 Å². The standard InChI is InChI=1S/C20H17ClF4N4O2S/c21-13-3-6-16-15(7-13)17(8-18(28-16)20(23,24)25)27-9-19(10-29(11-19)32(26,30)31)12-1-4-14(22)5-2-12/h1-8H,9-11H2,(H,27,28)(H2,26,30,31). The molecule has 0 spiro atoms. The van der Waals surface area contributed by atoms with Crippen molar-refractivity contribution in [2.24, 2.45) is 5.14 Å². The van der Waals surface area contributed by atoms with E-state index in [4.69, 9.17) is 16.7 Å². The second-order valence-electron chi connectivity index (χ2n) is 7.67. The number of anilines is 1. The van der Waals surface area contributed by atoms with Gasteiger partial charge in [-0.3, -0.25) is 0 Å². The van der Waals surface area contributed by atoms with E-state index in [-0.39, 0.29) is 30.8 Å². The van der Waals surface area contributed by atoms with Gasteiger partial charge in [0.1, 0.15) is 11.5 Å². The highest BCUT2D eigenvalue weighted by molar-refractivity contribution is 7.86. The molecule has 6 nitrogen and oxygen atoms in total. The van der Waals surface area contributed by atoms with Crippen LogP contribution in [0.3, 0.4) is 0 Å². The van der Waals surface area contributed by atoms with Crippen LogP contribution < -0.4 is 10.5 Å². The minimum atomic E-state index is -4.67. The van der Waals surface area contributed by atoms with Crippen molar-refractivity contribution in [1.29, 1.82) is 0 Å². The Morgan fingerprint density at radius 2 is 1.78 bits per heavy atom. The van der Waals surface area contributed by atoms with E-state index in [0.29, 0.717) is 16.0 Å². The van der Waals surface area contributed by atoms with Gasteiger partial charge in [0.25, 0.3) is 10.2 Å². The quantitative estimate of drug-likeness (QED) is 0.533. The highest BCUT2D eigenvalue weighted by Crippen LogP contribution is 2.38. The van der Waals surface area contributed by atoms with Crippen LogP contribution in [0.1, 0.15) is 11.3 Å². The third kappa shape index (κ3) is 4.38. The summed E-state index contributed by atoms with van der Waals surface area (Å²) >= 11 is 6.03. The average molecular weight is 489 g/mol. The Bertz CT molecular complexity index is 1280. The van der Waals surface area contributed by atoms with Crippen LogP contribution in [-0.4, -0.2) is 37.3 Å². The molecule has 170 valence electrons. The lowest BCUT2D eigenvalue weighted by Gasteiger charge is -2.49. The molecular weight excluding hydrogens is 472 g/mol. The van der Waals surface area contributed by atoms with Gasteiger partial charge in [-0.1, -0.05) is 23.7 Å². The van der Waals surface area contributed by atoms with Gasteiger partial charge in [-0.05, 0) is 42.0 Å². The lowest BCUT2D eigenvalue weighted by molar-refractivity contribution is -0.140. The first-order valence-corrected chi connectivity index (χ1v) is 11.2. The number of benzene rings is 2. The van der Waals surface area contributed by atoms with Crippen LogP contribution in [-0.2, 0) is 21.8 Å². The Morgan fingerprint density at radius 1 is 1.12 bits per heavy atom. The number of hydrogen-bond acceptors (Lipinski definition) is 4. The van der Waals surface area contributed by atoms with Gasteiger partial charge >= 0.3 is 6.18 Å². The normalized spacial score (nSPS) is 16.7. The highest BCUT2D eigenvalue weighted by atomic mass is 35.5. The zero-order valence-electron chi connectivity index (χ0n) is 16.3. The van der Waals surface area contributed by atoms with Crippen LogP contribution in [0.25, 0.3) is 10.9 Å². The zero-order chi connectivity index (χ0) is 23.3. The Morgan fingerprint density at radius 3 is 2.38 bits per heavy atom. The largest absolute Gasteiger partial charge is 0.433 e. The molecule has 2 heterocycles. The highest BCUT2D eigenvalue weighted by Gasteiger charge is 2.48. The molecule has 3 N–H and O–H groups in total. The van der Waals surface area contributed by atoms with Gasteiger partial charge in [-0.25, -0.2) is 14.5 Å². The smallest absolute Gasteiger partial charge is 0.383 e. The van der Waals surface area contributed by atoms with Crippen molar-refractivity contribution in [3.8, 4) is 0 Å². The summed E-state index contributed by atoms with van der Waals surface area (Å²) < 4.78 is 78.0. The van der Waals surface area contributed by atoms with Crippen LogP contribution >= 0.6 is 11.6 Å². The molecule has 32 heavy (non-hydrogen) atoms. The molecule has 0 bridgehead atoms. The van der Waals surface area contributed by atoms with E-state index in [2.05, 4.69) is 10.3 Å². The fourth-order valence-electron chi connectivity index (χ4n) is 3.76. The maximum atomic E-state index is 13.4. The fraction of sp³-hybridized carbons (Fsp3) is 0.250. The lowest BCUT2D eigenvalue weighted by Crippen LogP contribution is -2.65. The van der Waals surface area contributed by atoms with Crippen molar-refractivity contribution in [2.45, 2.75) is 11.6 Å². The molecule has 3 aromatic rings. The molecule has 1 aliphatic rings. The lowest BCUT2D eigenvalue weighted by atomic mass is 9.75. The van der Waals surface area contributed by atoms with Gasteiger partial charge in [0.05, 0.1) is 5.52 Å². The zero-order valence-corrected chi connectivity index (χ0v) is 17.9. The van der Waals surface area contributed by atoms with Gasteiger partial charge in [0.2, 0.25) is 0 Å². The second kappa shape index (κ2) is 7.84. The number of nitrogens with two attached hydrogens (primary N) is 1. The number of halogens is 5. The predicted molar refractivity (Wildman–Crippen MR) is 113 cm³/mol. The van der Waals surface area contributed by atoms with Gasteiger partial charge in [-0.15, -0.1) is 0 Å². The van der Waals surface area contributed by atoms with Crippen molar-refractivity contribution >= 4 is 38.4 Å². The van der Waals surface area contributed by atoms with Crippen LogP contribution in [0.4, 0.5) is 23.2 Å². The van der Waals surface area contributed by atoms with Crippen LogP contribution in [0.15, 0.2) is 48.5 Å². The summed E-state index contributed by atoms with van der Waals surface area (Å²) in [4.78, 5) is 3.67. The first kappa shape index (κ1) is 22.7. The number of aromatic nitrogens is 1. The molecule has 0 amide bonds. The maximum absolute atomic E-state index is 13.4. The Hall–Kier alpha value is -2.47. The molecule has 0 saturated carbocycles. The molecule has 4 rings (SSSR count). The minimum Gasteiger partial charge on any atom is -0.383 e. The molecule has 1 aromatic heterocycles. The first-order chi connectivity index (χ1) is 14.9. The molecule has 0 unspecified atom stereocenters. The third-order valence-electron chi connectivity index (χ3n) is 5.45. The summed E-state index contributed by atoms with van der Waals surface area (Å²) in [6, 6.07) is 10.7. The number of fused-ring (bicyclic) bond motifs is 1. The van der Waals surface area contributed by atoms with Crippen molar-refractivity contribution in [3.05, 3.63) is 70.6 Å². The van der Waals surface area contributed by atoms with Gasteiger partial charge < -0.3 is 5.32 Å². The van der Waals surface area contributed by atoms with Crippen molar-refractivity contribution in [1.82, 2.24) is 9.29 Å². The number of alkyl halides is 3. The molecule has 0 atom stereocenters. The fourth-order valence-corrected chi connectivity index (χ4v) is 4.79. The van der Waals surface area contributed by atoms with Crippen LogP contribution in [0.5, 0.6) is 0 Å². The topological polar surface area (TPSA) is 88.3 Å². The number of nitrogens with one attached hydrogen (secondary N) is 1. The predicted octanol–water partition coefficient (Wildman–Crippen LogP) is 3.92.